The van der Waals surface area contributed by atoms with Gasteiger partial charge in [-0.3, -0.25) is 9.59 Å². The fourth-order valence-electron chi connectivity index (χ4n) is 2.13. The number of hydrogen-bond acceptors (Lipinski definition) is 3. The highest BCUT2D eigenvalue weighted by atomic mass is 19.1. The van der Waals surface area contributed by atoms with Crippen LogP contribution in [0.15, 0.2) is 36.9 Å². The third kappa shape index (κ3) is 6.60. The molecule has 0 saturated carbocycles. The molecule has 24 heavy (non-hydrogen) atoms. The van der Waals surface area contributed by atoms with E-state index in [1.54, 1.807) is 6.08 Å². The van der Waals surface area contributed by atoms with Crippen molar-refractivity contribution >= 4 is 17.8 Å². The fraction of sp³-hybridized carbons (Fsp3) is 0.353. The first kappa shape index (κ1) is 19.3. The Morgan fingerprint density at radius 1 is 1.21 bits per heavy atom. The van der Waals surface area contributed by atoms with Crippen molar-refractivity contribution in [2.24, 2.45) is 0 Å². The number of aliphatic carboxylic acids is 1. The van der Waals surface area contributed by atoms with Gasteiger partial charge in [-0.15, -0.1) is 6.58 Å². The summed E-state index contributed by atoms with van der Waals surface area (Å²) < 4.78 is 12.9. The number of halogens is 1. The summed E-state index contributed by atoms with van der Waals surface area (Å²) in [4.78, 5) is 34.9. The monoisotopic (exact) mass is 336 g/mol. The van der Waals surface area contributed by atoms with Gasteiger partial charge in [-0.25, -0.2) is 9.18 Å². The lowest BCUT2D eigenvalue weighted by molar-refractivity contribution is -0.142. The van der Waals surface area contributed by atoms with Gasteiger partial charge in [-0.1, -0.05) is 18.2 Å². The number of carboxylic acids is 1. The van der Waals surface area contributed by atoms with Crippen LogP contribution in [0.4, 0.5) is 4.39 Å². The highest BCUT2D eigenvalue weighted by Crippen LogP contribution is 2.07. The quantitative estimate of drug-likeness (QED) is 0.594. The Morgan fingerprint density at radius 3 is 2.33 bits per heavy atom. The SMILES string of the molecule is C=CCC[C@@H](NC(=O)[C@H](Cc1ccc(F)cc1)NC(C)=O)C(=O)O. The maximum absolute atomic E-state index is 12.9. The van der Waals surface area contributed by atoms with Crippen LogP contribution < -0.4 is 10.6 Å². The number of rotatable bonds is 9. The predicted molar refractivity (Wildman–Crippen MR) is 86.7 cm³/mol. The number of carbonyl (C=O) groups excluding carboxylic acids is 2. The Hall–Kier alpha value is -2.70. The molecule has 1 aromatic carbocycles. The van der Waals surface area contributed by atoms with E-state index in [0.29, 0.717) is 12.0 Å². The molecule has 6 nitrogen and oxygen atoms in total. The number of hydrogen-bond donors (Lipinski definition) is 3. The Labute approximate surface area is 139 Å². The van der Waals surface area contributed by atoms with E-state index in [-0.39, 0.29) is 12.8 Å². The van der Waals surface area contributed by atoms with Crippen LogP contribution in [0.3, 0.4) is 0 Å². The number of benzene rings is 1. The van der Waals surface area contributed by atoms with E-state index in [0.717, 1.165) is 0 Å². The van der Waals surface area contributed by atoms with Gasteiger partial charge in [0.25, 0.3) is 0 Å². The molecule has 0 saturated heterocycles. The minimum absolute atomic E-state index is 0.124. The standard InChI is InChI=1S/C17H21FN2O4/c1-3-4-5-14(17(23)24)20-16(22)15(19-11(2)21)10-12-6-8-13(18)9-7-12/h3,6-9,14-15H,1,4-5,10H2,2H3,(H,19,21)(H,20,22)(H,23,24)/t14-,15+/m1/s1. The molecule has 0 heterocycles. The van der Waals surface area contributed by atoms with E-state index in [1.807, 2.05) is 0 Å². The second-order valence-electron chi connectivity index (χ2n) is 5.35. The predicted octanol–water partition coefficient (Wildman–Crippen LogP) is 1.41. The maximum Gasteiger partial charge on any atom is 0.326 e. The van der Waals surface area contributed by atoms with Crippen LogP contribution in [0, 0.1) is 5.82 Å². The largest absolute Gasteiger partial charge is 0.480 e. The number of amides is 2. The number of carbonyl (C=O) groups is 3. The Kier molecular flexibility index (Phi) is 7.61. The van der Waals surface area contributed by atoms with Gasteiger partial charge < -0.3 is 15.7 Å². The van der Waals surface area contributed by atoms with Crippen molar-refractivity contribution in [3.63, 3.8) is 0 Å². The van der Waals surface area contributed by atoms with Crippen LogP contribution in [-0.2, 0) is 20.8 Å². The Bertz CT molecular complexity index is 601. The van der Waals surface area contributed by atoms with Gasteiger partial charge >= 0.3 is 5.97 Å². The number of carboxylic acid groups (broad SMARTS) is 1. The van der Waals surface area contributed by atoms with Crippen LogP contribution in [0.1, 0.15) is 25.3 Å². The van der Waals surface area contributed by atoms with Crippen molar-refractivity contribution < 1.29 is 23.9 Å². The highest BCUT2D eigenvalue weighted by molar-refractivity contribution is 5.90. The second-order valence-corrected chi connectivity index (χ2v) is 5.35. The van der Waals surface area contributed by atoms with Gasteiger partial charge in [0.2, 0.25) is 11.8 Å². The molecule has 1 aromatic rings. The summed E-state index contributed by atoms with van der Waals surface area (Å²) in [5, 5.41) is 14.1. The molecule has 2 atom stereocenters. The lowest BCUT2D eigenvalue weighted by atomic mass is 10.0. The molecule has 0 aromatic heterocycles. The first-order valence-electron chi connectivity index (χ1n) is 7.49. The lowest BCUT2D eigenvalue weighted by Crippen LogP contribution is -2.52. The third-order valence-corrected chi connectivity index (χ3v) is 3.32. The molecule has 0 spiro atoms. The van der Waals surface area contributed by atoms with Crippen LogP contribution in [0.2, 0.25) is 0 Å². The molecule has 7 heteroatoms. The average Bonchev–Trinajstić information content (AvgIpc) is 2.52. The number of nitrogens with one attached hydrogen (secondary N) is 2. The minimum atomic E-state index is -1.16. The van der Waals surface area contributed by atoms with Crippen molar-refractivity contribution in [3.8, 4) is 0 Å². The molecule has 3 N–H and O–H groups in total. The molecule has 0 aliphatic rings. The van der Waals surface area contributed by atoms with Gasteiger partial charge in [-0.05, 0) is 30.5 Å². The topological polar surface area (TPSA) is 95.5 Å². The molecule has 0 radical (unpaired) electrons. The summed E-state index contributed by atoms with van der Waals surface area (Å²) in [6.07, 6.45) is 2.32. The van der Waals surface area contributed by atoms with Crippen molar-refractivity contribution in [3.05, 3.63) is 48.3 Å². The Balaban J connectivity index is 2.83. The van der Waals surface area contributed by atoms with Crippen molar-refractivity contribution in [2.45, 2.75) is 38.3 Å². The average molecular weight is 336 g/mol. The summed E-state index contributed by atoms with van der Waals surface area (Å²) in [5.74, 6) is -2.59. The van der Waals surface area contributed by atoms with Crippen LogP contribution in [0.5, 0.6) is 0 Å². The zero-order valence-corrected chi connectivity index (χ0v) is 13.4. The normalized spacial score (nSPS) is 12.8. The van der Waals surface area contributed by atoms with Gasteiger partial charge in [-0.2, -0.15) is 0 Å². The highest BCUT2D eigenvalue weighted by Gasteiger charge is 2.25. The second kappa shape index (κ2) is 9.44. The molecule has 0 bridgehead atoms. The summed E-state index contributed by atoms with van der Waals surface area (Å²) in [5.41, 5.74) is 0.642. The molecule has 0 aliphatic carbocycles. The summed E-state index contributed by atoms with van der Waals surface area (Å²) in [6.45, 7) is 4.78. The molecule has 0 fully saturated rings. The van der Waals surface area contributed by atoms with E-state index < -0.39 is 35.7 Å². The van der Waals surface area contributed by atoms with Crippen molar-refractivity contribution in [1.82, 2.24) is 10.6 Å². The first-order valence-corrected chi connectivity index (χ1v) is 7.49. The lowest BCUT2D eigenvalue weighted by Gasteiger charge is -2.21. The molecule has 130 valence electrons. The zero-order chi connectivity index (χ0) is 18.1. The fourth-order valence-corrected chi connectivity index (χ4v) is 2.13. The minimum Gasteiger partial charge on any atom is -0.480 e. The summed E-state index contributed by atoms with van der Waals surface area (Å²) >= 11 is 0. The van der Waals surface area contributed by atoms with Gasteiger partial charge in [0.15, 0.2) is 0 Å². The van der Waals surface area contributed by atoms with E-state index in [9.17, 15) is 18.8 Å². The summed E-state index contributed by atoms with van der Waals surface area (Å²) in [7, 11) is 0. The zero-order valence-electron chi connectivity index (χ0n) is 13.4. The molecule has 1 rings (SSSR count). The van der Waals surface area contributed by atoms with Crippen LogP contribution >= 0.6 is 0 Å². The van der Waals surface area contributed by atoms with Gasteiger partial charge in [0.05, 0.1) is 0 Å². The van der Waals surface area contributed by atoms with E-state index >= 15 is 0 Å². The number of allylic oxidation sites excluding steroid dienone is 1. The Morgan fingerprint density at radius 2 is 1.83 bits per heavy atom. The van der Waals surface area contributed by atoms with Gasteiger partial charge in [0, 0.05) is 13.3 Å². The smallest absolute Gasteiger partial charge is 0.326 e. The first-order chi connectivity index (χ1) is 11.3. The van der Waals surface area contributed by atoms with Gasteiger partial charge in [0.1, 0.15) is 17.9 Å². The molecule has 2 amide bonds. The van der Waals surface area contributed by atoms with Crippen LogP contribution in [-0.4, -0.2) is 35.0 Å². The van der Waals surface area contributed by atoms with E-state index in [4.69, 9.17) is 5.11 Å². The maximum atomic E-state index is 12.9. The molecular formula is C17H21FN2O4. The third-order valence-electron chi connectivity index (χ3n) is 3.32. The van der Waals surface area contributed by atoms with Crippen molar-refractivity contribution in [2.75, 3.05) is 0 Å². The van der Waals surface area contributed by atoms with Crippen molar-refractivity contribution in [1.29, 1.82) is 0 Å². The summed E-state index contributed by atoms with van der Waals surface area (Å²) in [6, 6.07) is 3.50. The van der Waals surface area contributed by atoms with E-state index in [1.165, 1.54) is 31.2 Å². The molecule has 0 unspecified atom stereocenters. The molecule has 0 aliphatic heterocycles. The van der Waals surface area contributed by atoms with Crippen LogP contribution in [0.25, 0.3) is 0 Å². The molecular weight excluding hydrogens is 315 g/mol. The van der Waals surface area contributed by atoms with E-state index in [2.05, 4.69) is 17.2 Å².